The molecule has 0 aromatic rings. The van der Waals surface area contributed by atoms with Crippen LogP contribution in [0.4, 0.5) is 0 Å². The Morgan fingerprint density at radius 2 is 2.30 bits per heavy atom. The van der Waals surface area contributed by atoms with E-state index in [1.807, 2.05) is 0 Å². The van der Waals surface area contributed by atoms with Crippen molar-refractivity contribution in [1.29, 1.82) is 5.41 Å². The predicted octanol–water partition coefficient (Wildman–Crippen LogP) is -0.206. The molecule has 0 aliphatic heterocycles. The summed E-state index contributed by atoms with van der Waals surface area (Å²) in [5.41, 5.74) is 7.42. The summed E-state index contributed by atoms with van der Waals surface area (Å²) in [5, 5.41) is 6.95. The second-order valence-corrected chi connectivity index (χ2v) is 3.16. The van der Waals surface area contributed by atoms with Gasteiger partial charge in [-0.05, 0) is 0 Å². The normalized spacial score (nSPS) is 8.90. The molecule has 0 aliphatic carbocycles. The fourth-order valence-electron chi connectivity index (χ4n) is 0.326. The van der Waals surface area contributed by atoms with Gasteiger partial charge >= 0.3 is 0 Å². The summed E-state index contributed by atoms with van der Waals surface area (Å²) in [6.07, 6.45) is 0.663. The lowest BCUT2D eigenvalue weighted by Gasteiger charge is -1.99. The third kappa shape index (κ3) is 5.80. The molecule has 0 fully saturated rings. The first kappa shape index (κ1) is 9.67. The molecule has 4 nitrogen and oxygen atoms in total. The van der Waals surface area contributed by atoms with E-state index >= 15 is 0 Å². The number of rotatable bonds is 3. The van der Waals surface area contributed by atoms with Crippen molar-refractivity contribution in [1.82, 2.24) is 5.43 Å². The van der Waals surface area contributed by atoms with Gasteiger partial charge in [0.15, 0.2) is 5.17 Å². The highest BCUT2D eigenvalue weighted by Crippen LogP contribution is 2.00. The number of nitrogens with two attached hydrogens (primary N) is 2. The average Bonchev–Trinajstić information content (AvgIpc) is 1.87. The second-order valence-electron chi connectivity index (χ2n) is 1.53. The van der Waals surface area contributed by atoms with Crippen molar-refractivity contribution in [2.75, 3.05) is 5.75 Å². The van der Waals surface area contributed by atoms with Gasteiger partial charge in [0, 0.05) is 12.2 Å². The Morgan fingerprint density at radius 3 is 2.70 bits per heavy atom. The third-order valence-electron chi connectivity index (χ3n) is 0.748. The zero-order chi connectivity index (χ0) is 7.98. The molecule has 0 amide bonds. The molecule has 0 saturated carbocycles. The molecule has 0 spiro atoms. The summed E-state index contributed by atoms with van der Waals surface area (Å²) >= 11 is 6.00. The molecule has 0 aliphatic rings. The maximum atomic E-state index is 6.84. The average molecular weight is 178 g/mol. The molecule has 10 heavy (non-hydrogen) atoms. The summed E-state index contributed by atoms with van der Waals surface area (Å²) < 4.78 is 0. The number of amidine groups is 1. The molecule has 0 atom stereocenters. The Labute approximate surface area is 69.2 Å². The van der Waals surface area contributed by atoms with E-state index in [0.29, 0.717) is 17.2 Å². The Balaban J connectivity index is 3.20. The van der Waals surface area contributed by atoms with Gasteiger partial charge < -0.3 is 11.2 Å². The zero-order valence-electron chi connectivity index (χ0n) is 5.39. The van der Waals surface area contributed by atoms with Gasteiger partial charge in [-0.15, -0.1) is 0 Å². The first-order valence-electron chi connectivity index (χ1n) is 2.63. The Morgan fingerprint density at radius 1 is 1.70 bits per heavy atom. The van der Waals surface area contributed by atoms with Crippen molar-refractivity contribution >= 4 is 34.1 Å². The molecule has 6 N–H and O–H groups in total. The summed E-state index contributed by atoms with van der Waals surface area (Å²) in [5.74, 6) is 5.71. The van der Waals surface area contributed by atoms with Crippen LogP contribution in [0.3, 0.4) is 0 Å². The van der Waals surface area contributed by atoms with Crippen molar-refractivity contribution in [3.63, 3.8) is 0 Å². The SMILES string of the molecule is N=C(N)SCCC(=S)NN. The highest BCUT2D eigenvalue weighted by molar-refractivity contribution is 8.13. The largest absolute Gasteiger partial charge is 0.379 e. The van der Waals surface area contributed by atoms with Gasteiger partial charge in [0.2, 0.25) is 0 Å². The van der Waals surface area contributed by atoms with Crippen LogP contribution in [0, 0.1) is 5.41 Å². The van der Waals surface area contributed by atoms with E-state index in [2.05, 4.69) is 5.43 Å². The molecular weight excluding hydrogens is 168 g/mol. The molecule has 6 heteroatoms. The summed E-state index contributed by atoms with van der Waals surface area (Å²) in [6.45, 7) is 0. The minimum Gasteiger partial charge on any atom is -0.379 e. The fraction of sp³-hybridized carbons (Fsp3) is 0.500. The van der Waals surface area contributed by atoms with Gasteiger partial charge in [-0.3, -0.25) is 11.3 Å². The lowest BCUT2D eigenvalue weighted by atomic mass is 10.5. The van der Waals surface area contributed by atoms with E-state index in [0.717, 1.165) is 0 Å². The van der Waals surface area contributed by atoms with Gasteiger partial charge in [0.05, 0.1) is 4.99 Å². The molecule has 0 unspecified atom stereocenters. The van der Waals surface area contributed by atoms with Crippen molar-refractivity contribution in [2.45, 2.75) is 6.42 Å². The van der Waals surface area contributed by atoms with E-state index in [-0.39, 0.29) is 5.17 Å². The molecule has 0 radical (unpaired) electrons. The number of hydrazine groups is 1. The summed E-state index contributed by atoms with van der Waals surface area (Å²) in [4.78, 5) is 0.591. The van der Waals surface area contributed by atoms with Gasteiger partial charge in [-0.2, -0.15) is 0 Å². The number of hydrogen-bond acceptors (Lipinski definition) is 4. The maximum absolute atomic E-state index is 6.84. The van der Waals surface area contributed by atoms with Crippen LogP contribution < -0.4 is 17.0 Å². The van der Waals surface area contributed by atoms with Crippen molar-refractivity contribution in [3.8, 4) is 0 Å². The van der Waals surface area contributed by atoms with Crippen LogP contribution in [-0.4, -0.2) is 15.9 Å². The van der Waals surface area contributed by atoms with Crippen molar-refractivity contribution in [3.05, 3.63) is 0 Å². The first-order chi connectivity index (χ1) is 4.66. The zero-order valence-corrected chi connectivity index (χ0v) is 7.02. The third-order valence-corrected chi connectivity index (χ3v) is 1.79. The number of thioether (sulfide) groups is 1. The van der Waals surface area contributed by atoms with Gasteiger partial charge in [0.25, 0.3) is 0 Å². The maximum Gasteiger partial charge on any atom is 0.151 e. The predicted molar refractivity (Wildman–Crippen MR) is 48.9 cm³/mol. The second kappa shape index (κ2) is 5.45. The molecule has 0 bridgehead atoms. The molecule has 0 aromatic heterocycles. The fourth-order valence-corrected chi connectivity index (χ4v) is 1.08. The van der Waals surface area contributed by atoms with E-state index in [4.69, 9.17) is 29.2 Å². The minimum absolute atomic E-state index is 0.111. The lowest BCUT2D eigenvalue weighted by molar-refractivity contribution is 1.01. The van der Waals surface area contributed by atoms with Gasteiger partial charge in [-0.25, -0.2) is 0 Å². The van der Waals surface area contributed by atoms with E-state index in [1.165, 1.54) is 11.8 Å². The van der Waals surface area contributed by atoms with Crippen molar-refractivity contribution < 1.29 is 0 Å². The van der Waals surface area contributed by atoms with E-state index in [9.17, 15) is 0 Å². The van der Waals surface area contributed by atoms with Crippen LogP contribution in [0.15, 0.2) is 0 Å². The number of nitrogens with one attached hydrogen (secondary N) is 2. The Bertz CT molecular complexity index is 135. The summed E-state index contributed by atoms with van der Waals surface area (Å²) in [7, 11) is 0. The van der Waals surface area contributed by atoms with Crippen LogP contribution in [0.25, 0.3) is 0 Å². The lowest BCUT2D eigenvalue weighted by Crippen LogP contribution is -2.28. The topological polar surface area (TPSA) is 87.9 Å². The quantitative estimate of drug-likeness (QED) is 0.158. The van der Waals surface area contributed by atoms with E-state index < -0.39 is 0 Å². The Hall–Kier alpha value is -0.330. The number of thiocarbonyl (C=S) groups is 1. The first-order valence-corrected chi connectivity index (χ1v) is 4.02. The van der Waals surface area contributed by atoms with Crippen LogP contribution in [0.5, 0.6) is 0 Å². The highest BCUT2D eigenvalue weighted by atomic mass is 32.2. The Kier molecular flexibility index (Phi) is 5.27. The molecule has 58 valence electrons. The molecular formula is C4H10N4S2. The smallest absolute Gasteiger partial charge is 0.151 e. The van der Waals surface area contributed by atoms with Crippen LogP contribution in [-0.2, 0) is 0 Å². The van der Waals surface area contributed by atoms with Crippen LogP contribution >= 0.6 is 24.0 Å². The monoisotopic (exact) mass is 178 g/mol. The minimum atomic E-state index is 0.111. The molecule has 0 heterocycles. The van der Waals surface area contributed by atoms with Crippen LogP contribution in [0.1, 0.15) is 6.42 Å². The molecule has 0 aromatic carbocycles. The van der Waals surface area contributed by atoms with Crippen LogP contribution in [0.2, 0.25) is 0 Å². The van der Waals surface area contributed by atoms with Crippen molar-refractivity contribution in [2.24, 2.45) is 11.6 Å². The van der Waals surface area contributed by atoms with Gasteiger partial charge in [0.1, 0.15) is 0 Å². The molecule has 0 rings (SSSR count). The van der Waals surface area contributed by atoms with Gasteiger partial charge in [-0.1, -0.05) is 24.0 Å². The molecule has 0 saturated heterocycles. The standard InChI is InChI=1S/C4H10N4S2/c5-4(6)10-2-1-3(9)8-7/h1-2,7H2,(H3,5,6)(H,8,9). The highest BCUT2D eigenvalue weighted by Gasteiger charge is 1.94. The number of hydrogen-bond donors (Lipinski definition) is 4. The van der Waals surface area contributed by atoms with E-state index in [1.54, 1.807) is 0 Å². The summed E-state index contributed by atoms with van der Waals surface area (Å²) in [6, 6.07) is 0.